The molecule has 0 spiro atoms. The number of carbonyl (C=O) groups excluding carboxylic acids is 2. The maximum absolute atomic E-state index is 12.6. The highest BCUT2D eigenvalue weighted by Gasteiger charge is 2.44. The number of rotatable bonds is 4. The number of likely N-dealkylation sites (tertiary alicyclic amines) is 1. The van der Waals surface area contributed by atoms with Crippen LogP contribution >= 0.6 is 0 Å². The zero-order valence-electron chi connectivity index (χ0n) is 19.6. The molecular weight excluding hydrogens is 420 g/mol. The van der Waals surface area contributed by atoms with E-state index in [0.717, 1.165) is 22.3 Å². The van der Waals surface area contributed by atoms with Crippen molar-refractivity contribution in [3.63, 3.8) is 0 Å². The number of hydrogen-bond acceptors (Lipinski definition) is 5. The van der Waals surface area contributed by atoms with E-state index >= 15 is 0 Å². The number of ether oxygens (including phenoxy) is 2. The second-order valence-corrected chi connectivity index (χ2v) is 9.95. The van der Waals surface area contributed by atoms with E-state index in [2.05, 4.69) is 29.6 Å². The van der Waals surface area contributed by atoms with Crippen LogP contribution in [0.3, 0.4) is 0 Å². The predicted octanol–water partition coefficient (Wildman–Crippen LogP) is 4.29. The largest absolute Gasteiger partial charge is 0.449 e. The molecule has 2 aliphatic rings. The lowest BCUT2D eigenvalue weighted by Gasteiger charge is -2.31. The van der Waals surface area contributed by atoms with Gasteiger partial charge in [0.15, 0.2) is 0 Å². The van der Waals surface area contributed by atoms with Gasteiger partial charge in [-0.25, -0.2) is 9.59 Å². The van der Waals surface area contributed by atoms with Crippen molar-refractivity contribution >= 4 is 12.2 Å². The fraction of sp³-hybridized carbons (Fsp3) is 0.462. The van der Waals surface area contributed by atoms with Crippen LogP contribution < -0.4 is 5.32 Å². The summed E-state index contributed by atoms with van der Waals surface area (Å²) in [4.78, 5) is 26.4. The van der Waals surface area contributed by atoms with E-state index in [4.69, 9.17) is 9.47 Å². The molecule has 0 saturated carbocycles. The molecule has 1 fully saturated rings. The summed E-state index contributed by atoms with van der Waals surface area (Å²) in [6.07, 6.45) is -0.711. The van der Waals surface area contributed by atoms with Crippen molar-refractivity contribution in [1.29, 1.82) is 0 Å². The van der Waals surface area contributed by atoms with Crippen molar-refractivity contribution in [2.75, 3.05) is 19.7 Å². The van der Waals surface area contributed by atoms with Crippen molar-refractivity contribution < 1.29 is 24.2 Å². The molecule has 0 radical (unpaired) electrons. The van der Waals surface area contributed by atoms with Gasteiger partial charge in [0.2, 0.25) is 0 Å². The van der Waals surface area contributed by atoms with Crippen molar-refractivity contribution in [2.24, 2.45) is 0 Å². The molecule has 1 saturated heterocycles. The van der Waals surface area contributed by atoms with Crippen LogP contribution in [-0.2, 0) is 9.47 Å². The van der Waals surface area contributed by atoms with Crippen molar-refractivity contribution in [1.82, 2.24) is 10.2 Å². The maximum Gasteiger partial charge on any atom is 0.410 e. The molecule has 2 aromatic carbocycles. The van der Waals surface area contributed by atoms with Crippen LogP contribution in [0.4, 0.5) is 9.59 Å². The molecule has 33 heavy (non-hydrogen) atoms. The predicted molar refractivity (Wildman–Crippen MR) is 125 cm³/mol. The number of hydrogen-bond donors (Lipinski definition) is 2. The van der Waals surface area contributed by atoms with Crippen LogP contribution in [0, 0.1) is 0 Å². The summed E-state index contributed by atoms with van der Waals surface area (Å²) in [5, 5.41) is 13.8. The van der Waals surface area contributed by atoms with Crippen LogP contribution in [0.25, 0.3) is 11.1 Å². The summed E-state index contributed by atoms with van der Waals surface area (Å²) >= 11 is 0. The van der Waals surface area contributed by atoms with E-state index in [1.807, 2.05) is 24.3 Å². The standard InChI is InChI=1S/C26H32N2O5/c1-17(26(31)13-14-28(16-26)24(30)33-25(2,3)4)27-23(29)32-15-22-20-11-7-5-9-18(20)19-10-6-8-12-21(19)22/h5-12,17,22,31H,13-16H2,1-4H3,(H,27,29). The summed E-state index contributed by atoms with van der Waals surface area (Å²) < 4.78 is 11.0. The van der Waals surface area contributed by atoms with Gasteiger partial charge in [0.05, 0.1) is 12.6 Å². The number of benzene rings is 2. The normalized spacial score (nSPS) is 20.7. The Morgan fingerprint density at radius 2 is 1.70 bits per heavy atom. The summed E-state index contributed by atoms with van der Waals surface area (Å²) in [7, 11) is 0. The first-order valence-electron chi connectivity index (χ1n) is 11.4. The Morgan fingerprint density at radius 3 is 2.27 bits per heavy atom. The van der Waals surface area contributed by atoms with Gasteiger partial charge >= 0.3 is 12.2 Å². The van der Waals surface area contributed by atoms with Gasteiger partial charge in [0.25, 0.3) is 0 Å². The Balaban J connectivity index is 1.35. The van der Waals surface area contributed by atoms with E-state index in [1.54, 1.807) is 27.7 Å². The van der Waals surface area contributed by atoms with Gasteiger partial charge in [-0.2, -0.15) is 0 Å². The number of nitrogens with one attached hydrogen (secondary N) is 1. The monoisotopic (exact) mass is 452 g/mol. The fourth-order valence-corrected chi connectivity index (χ4v) is 4.60. The summed E-state index contributed by atoms with van der Waals surface area (Å²) in [6, 6.07) is 15.7. The number of nitrogens with zero attached hydrogens (tertiary/aromatic N) is 1. The first kappa shape index (κ1) is 23.1. The number of aliphatic hydroxyl groups is 1. The Morgan fingerprint density at radius 1 is 1.12 bits per heavy atom. The van der Waals surface area contributed by atoms with Crippen LogP contribution in [0.15, 0.2) is 48.5 Å². The van der Waals surface area contributed by atoms with Crippen LogP contribution in [0.5, 0.6) is 0 Å². The second kappa shape index (κ2) is 8.71. The smallest absolute Gasteiger partial charge is 0.410 e. The molecule has 176 valence electrons. The van der Waals surface area contributed by atoms with Crippen LogP contribution in [0.2, 0.25) is 0 Å². The minimum Gasteiger partial charge on any atom is -0.449 e. The lowest BCUT2D eigenvalue weighted by Crippen LogP contribution is -2.53. The van der Waals surface area contributed by atoms with Gasteiger partial charge in [0.1, 0.15) is 17.8 Å². The Labute approximate surface area is 194 Å². The summed E-state index contributed by atoms with van der Waals surface area (Å²) in [5.41, 5.74) is 2.76. The number of amides is 2. The van der Waals surface area contributed by atoms with E-state index < -0.39 is 29.4 Å². The average molecular weight is 453 g/mol. The Kier molecular flexibility index (Phi) is 6.10. The minimum absolute atomic E-state index is 0.0318. The lowest BCUT2D eigenvalue weighted by atomic mass is 9.95. The first-order valence-corrected chi connectivity index (χ1v) is 11.4. The molecule has 4 rings (SSSR count). The van der Waals surface area contributed by atoms with Gasteiger partial charge in [-0.15, -0.1) is 0 Å². The van der Waals surface area contributed by atoms with E-state index in [9.17, 15) is 14.7 Å². The topological polar surface area (TPSA) is 88.1 Å². The Hall–Kier alpha value is -3.06. The van der Waals surface area contributed by atoms with E-state index in [0.29, 0.717) is 13.0 Å². The molecule has 2 amide bonds. The van der Waals surface area contributed by atoms with Crippen LogP contribution in [-0.4, -0.2) is 59.1 Å². The Bertz CT molecular complexity index is 1000. The average Bonchev–Trinajstić information content (AvgIpc) is 3.31. The third kappa shape index (κ3) is 4.83. The number of β-amino-alcohol motifs (C(OH)–C–C–N with tert-alkyl or cyclic N) is 1. The van der Waals surface area contributed by atoms with E-state index in [1.165, 1.54) is 4.90 Å². The summed E-state index contributed by atoms with van der Waals surface area (Å²) in [6.45, 7) is 7.78. The number of fused-ring (bicyclic) bond motifs is 3. The zero-order chi connectivity index (χ0) is 23.8. The highest BCUT2D eigenvalue weighted by atomic mass is 16.6. The summed E-state index contributed by atoms with van der Waals surface area (Å²) in [5.74, 6) is -0.0318. The van der Waals surface area contributed by atoms with Crippen molar-refractivity contribution in [2.45, 2.75) is 57.3 Å². The van der Waals surface area contributed by atoms with E-state index in [-0.39, 0.29) is 19.1 Å². The first-order chi connectivity index (χ1) is 15.6. The number of carbonyl (C=O) groups is 2. The fourth-order valence-electron chi connectivity index (χ4n) is 4.60. The molecule has 2 aromatic rings. The van der Waals surface area contributed by atoms with Gasteiger partial charge in [-0.1, -0.05) is 48.5 Å². The SMILES string of the molecule is CC(NC(=O)OCC1c2ccccc2-c2ccccc21)C1(O)CCN(C(=O)OC(C)(C)C)C1. The van der Waals surface area contributed by atoms with Crippen LogP contribution in [0.1, 0.15) is 51.2 Å². The third-order valence-corrected chi connectivity index (χ3v) is 6.42. The molecular formula is C26H32N2O5. The van der Waals surface area contributed by atoms with Crippen molar-refractivity contribution in [3.8, 4) is 11.1 Å². The second-order valence-electron chi connectivity index (χ2n) is 9.95. The maximum atomic E-state index is 12.6. The molecule has 2 atom stereocenters. The molecule has 0 bridgehead atoms. The highest BCUT2D eigenvalue weighted by Crippen LogP contribution is 2.44. The molecule has 1 aliphatic carbocycles. The van der Waals surface area contributed by atoms with Crippen molar-refractivity contribution in [3.05, 3.63) is 59.7 Å². The molecule has 7 heteroatoms. The molecule has 2 unspecified atom stereocenters. The number of alkyl carbamates (subject to hydrolysis) is 1. The molecule has 7 nitrogen and oxygen atoms in total. The van der Waals surface area contributed by atoms with Gasteiger partial charge in [0, 0.05) is 12.5 Å². The molecule has 1 heterocycles. The zero-order valence-corrected chi connectivity index (χ0v) is 19.6. The highest BCUT2D eigenvalue weighted by molar-refractivity contribution is 5.79. The quantitative estimate of drug-likeness (QED) is 0.723. The molecule has 1 aliphatic heterocycles. The van der Waals surface area contributed by atoms with Gasteiger partial charge in [-0.3, -0.25) is 0 Å². The van der Waals surface area contributed by atoms with Gasteiger partial charge < -0.3 is 24.8 Å². The molecule has 0 aromatic heterocycles. The lowest BCUT2D eigenvalue weighted by molar-refractivity contribution is 0.00167. The molecule has 2 N–H and O–H groups in total. The minimum atomic E-state index is -1.25. The third-order valence-electron chi connectivity index (χ3n) is 6.42. The van der Waals surface area contributed by atoms with Gasteiger partial charge in [-0.05, 0) is 56.4 Å².